The summed E-state index contributed by atoms with van der Waals surface area (Å²) < 4.78 is 0. The van der Waals surface area contributed by atoms with E-state index in [1.54, 1.807) is 0 Å². The zero-order valence-corrected chi connectivity index (χ0v) is 9.44. The van der Waals surface area contributed by atoms with Gasteiger partial charge in [-0.3, -0.25) is 5.10 Å². The Bertz CT molecular complexity index is 691. The summed E-state index contributed by atoms with van der Waals surface area (Å²) in [6, 6.07) is 7.43. The molecule has 0 bridgehead atoms. The van der Waals surface area contributed by atoms with E-state index in [1.807, 2.05) is 24.3 Å². The van der Waals surface area contributed by atoms with Crippen molar-refractivity contribution in [2.24, 2.45) is 0 Å². The molecule has 5 nitrogen and oxygen atoms in total. The number of nitrogens with two attached hydrogens (primary N) is 1. The summed E-state index contributed by atoms with van der Waals surface area (Å²) in [5.41, 5.74) is 8.06. The number of H-pyrrole nitrogens is 1. The second-order valence-electron chi connectivity index (χ2n) is 3.57. The molecule has 17 heavy (non-hydrogen) atoms. The van der Waals surface area contributed by atoms with Gasteiger partial charge in [-0.1, -0.05) is 23.7 Å². The zero-order valence-electron chi connectivity index (χ0n) is 8.68. The zero-order chi connectivity index (χ0) is 11.8. The van der Waals surface area contributed by atoms with Crippen LogP contribution in [0.2, 0.25) is 5.02 Å². The molecular weight excluding hydrogens is 238 g/mol. The maximum absolute atomic E-state index is 5.96. The molecule has 0 aliphatic rings. The third-order valence-corrected chi connectivity index (χ3v) is 2.73. The van der Waals surface area contributed by atoms with Gasteiger partial charge < -0.3 is 5.73 Å². The molecule has 0 unspecified atom stereocenters. The molecule has 0 spiro atoms. The smallest absolute Gasteiger partial charge is 0.186 e. The molecule has 3 rings (SSSR count). The summed E-state index contributed by atoms with van der Waals surface area (Å²) in [6.07, 6.45) is 1.39. The Balaban J connectivity index is 2.31. The first-order chi connectivity index (χ1) is 8.25. The Kier molecular flexibility index (Phi) is 2.19. The second kappa shape index (κ2) is 3.71. The van der Waals surface area contributed by atoms with Crippen molar-refractivity contribution >= 4 is 28.5 Å². The van der Waals surface area contributed by atoms with Crippen molar-refractivity contribution in [1.82, 2.24) is 20.2 Å². The Morgan fingerprint density at radius 3 is 2.94 bits per heavy atom. The van der Waals surface area contributed by atoms with Crippen LogP contribution in [0.4, 0.5) is 5.82 Å². The molecule has 2 aromatic heterocycles. The summed E-state index contributed by atoms with van der Waals surface area (Å²) in [7, 11) is 0. The molecule has 0 amide bonds. The average Bonchev–Trinajstić information content (AvgIpc) is 2.74. The molecule has 0 atom stereocenters. The van der Waals surface area contributed by atoms with Crippen LogP contribution in [0.5, 0.6) is 0 Å². The Morgan fingerprint density at radius 1 is 1.24 bits per heavy atom. The first-order valence-electron chi connectivity index (χ1n) is 4.96. The van der Waals surface area contributed by atoms with Crippen molar-refractivity contribution < 1.29 is 0 Å². The summed E-state index contributed by atoms with van der Waals surface area (Å²) in [5.74, 6) is 0.402. The third kappa shape index (κ3) is 1.60. The van der Waals surface area contributed by atoms with Gasteiger partial charge in [0.05, 0.1) is 11.1 Å². The predicted molar refractivity (Wildman–Crippen MR) is 66.5 cm³/mol. The van der Waals surface area contributed by atoms with Crippen LogP contribution in [0.1, 0.15) is 0 Å². The number of benzene rings is 1. The van der Waals surface area contributed by atoms with Crippen molar-refractivity contribution in [3.63, 3.8) is 0 Å². The fraction of sp³-hybridized carbons (Fsp3) is 0. The molecular formula is C11H8ClN5. The number of rotatable bonds is 1. The van der Waals surface area contributed by atoms with Gasteiger partial charge in [0.15, 0.2) is 5.65 Å². The molecule has 0 fully saturated rings. The van der Waals surface area contributed by atoms with Gasteiger partial charge in [-0.05, 0) is 12.1 Å². The standard InChI is InChI=1S/C11H8ClN5/c12-7-3-1-2-6(4-7)9-8-10(13)14-5-15-11(8)17-16-9/h1-5H,(H3,13,14,15,16,17). The first kappa shape index (κ1) is 10.0. The van der Waals surface area contributed by atoms with Crippen LogP contribution in [-0.4, -0.2) is 20.2 Å². The van der Waals surface area contributed by atoms with Crippen LogP contribution < -0.4 is 5.73 Å². The molecule has 0 radical (unpaired) electrons. The summed E-state index contributed by atoms with van der Waals surface area (Å²) in [5, 5.41) is 8.36. The van der Waals surface area contributed by atoms with E-state index in [9.17, 15) is 0 Å². The van der Waals surface area contributed by atoms with Crippen molar-refractivity contribution in [3.05, 3.63) is 35.6 Å². The largest absolute Gasteiger partial charge is 0.383 e. The van der Waals surface area contributed by atoms with Gasteiger partial charge >= 0.3 is 0 Å². The minimum atomic E-state index is 0.402. The number of aromatic amines is 1. The topological polar surface area (TPSA) is 80.5 Å². The van der Waals surface area contributed by atoms with Gasteiger partial charge in [-0.25, -0.2) is 9.97 Å². The number of aromatic nitrogens is 4. The lowest BCUT2D eigenvalue weighted by atomic mass is 10.1. The van der Waals surface area contributed by atoms with E-state index in [-0.39, 0.29) is 0 Å². The van der Waals surface area contributed by atoms with Gasteiger partial charge in [0.1, 0.15) is 12.1 Å². The SMILES string of the molecule is Nc1ncnc2n[nH]c(-c3cccc(Cl)c3)c12. The lowest BCUT2D eigenvalue weighted by Gasteiger charge is -2.00. The third-order valence-electron chi connectivity index (χ3n) is 2.49. The van der Waals surface area contributed by atoms with Crippen molar-refractivity contribution in [2.75, 3.05) is 5.73 Å². The van der Waals surface area contributed by atoms with Crippen molar-refractivity contribution in [3.8, 4) is 11.3 Å². The number of nitrogen functional groups attached to an aromatic ring is 1. The molecule has 6 heteroatoms. The van der Waals surface area contributed by atoms with E-state index in [1.165, 1.54) is 6.33 Å². The van der Waals surface area contributed by atoms with Crippen LogP contribution in [-0.2, 0) is 0 Å². The molecule has 0 saturated heterocycles. The van der Waals surface area contributed by atoms with Crippen molar-refractivity contribution in [2.45, 2.75) is 0 Å². The fourth-order valence-electron chi connectivity index (χ4n) is 1.73. The first-order valence-corrected chi connectivity index (χ1v) is 5.34. The normalized spacial score (nSPS) is 10.9. The average molecular weight is 246 g/mol. The number of hydrogen-bond donors (Lipinski definition) is 2. The van der Waals surface area contributed by atoms with Gasteiger partial charge in [0.2, 0.25) is 0 Å². The maximum atomic E-state index is 5.96. The van der Waals surface area contributed by atoms with Crippen LogP contribution in [0.3, 0.4) is 0 Å². The molecule has 3 N–H and O–H groups in total. The van der Waals surface area contributed by atoms with Gasteiger partial charge in [0, 0.05) is 10.6 Å². The quantitative estimate of drug-likeness (QED) is 0.689. The number of nitrogens with one attached hydrogen (secondary N) is 1. The monoisotopic (exact) mass is 245 g/mol. The van der Waals surface area contributed by atoms with E-state index >= 15 is 0 Å². The number of nitrogens with zero attached hydrogens (tertiary/aromatic N) is 3. The van der Waals surface area contributed by atoms with E-state index in [4.69, 9.17) is 17.3 Å². The van der Waals surface area contributed by atoms with Gasteiger partial charge in [-0.2, -0.15) is 5.10 Å². The highest BCUT2D eigenvalue weighted by atomic mass is 35.5. The van der Waals surface area contributed by atoms with Crippen molar-refractivity contribution in [1.29, 1.82) is 0 Å². The molecule has 0 aliphatic carbocycles. The Labute approximate surface area is 102 Å². The summed E-state index contributed by atoms with van der Waals surface area (Å²) in [4.78, 5) is 8.01. The lowest BCUT2D eigenvalue weighted by molar-refractivity contribution is 1.09. The minimum Gasteiger partial charge on any atom is -0.383 e. The van der Waals surface area contributed by atoms with E-state index < -0.39 is 0 Å². The van der Waals surface area contributed by atoms with E-state index in [0.717, 1.165) is 16.6 Å². The number of hydrogen-bond acceptors (Lipinski definition) is 4. The summed E-state index contributed by atoms with van der Waals surface area (Å²) >= 11 is 5.96. The van der Waals surface area contributed by atoms with Gasteiger partial charge in [-0.15, -0.1) is 0 Å². The predicted octanol–water partition coefficient (Wildman–Crippen LogP) is 2.26. The Hall–Kier alpha value is -2.14. The Morgan fingerprint density at radius 2 is 2.12 bits per heavy atom. The van der Waals surface area contributed by atoms with E-state index in [0.29, 0.717) is 16.5 Å². The van der Waals surface area contributed by atoms with Crippen LogP contribution in [0.25, 0.3) is 22.3 Å². The maximum Gasteiger partial charge on any atom is 0.186 e. The van der Waals surface area contributed by atoms with Crippen LogP contribution in [0.15, 0.2) is 30.6 Å². The summed E-state index contributed by atoms with van der Waals surface area (Å²) in [6.45, 7) is 0. The number of anilines is 1. The van der Waals surface area contributed by atoms with Crippen LogP contribution >= 0.6 is 11.6 Å². The fourth-order valence-corrected chi connectivity index (χ4v) is 1.92. The highest BCUT2D eigenvalue weighted by molar-refractivity contribution is 6.30. The highest BCUT2D eigenvalue weighted by Crippen LogP contribution is 2.29. The number of halogens is 1. The van der Waals surface area contributed by atoms with Crippen LogP contribution in [0, 0.1) is 0 Å². The molecule has 0 saturated carbocycles. The molecule has 1 aromatic carbocycles. The van der Waals surface area contributed by atoms with Gasteiger partial charge in [0.25, 0.3) is 0 Å². The molecule has 2 heterocycles. The molecule has 3 aromatic rings. The molecule has 0 aliphatic heterocycles. The second-order valence-corrected chi connectivity index (χ2v) is 4.00. The highest BCUT2D eigenvalue weighted by Gasteiger charge is 2.12. The number of fused-ring (bicyclic) bond motifs is 1. The lowest BCUT2D eigenvalue weighted by Crippen LogP contribution is -1.92. The van der Waals surface area contributed by atoms with E-state index in [2.05, 4.69) is 20.2 Å². The minimum absolute atomic E-state index is 0.402. The molecule has 84 valence electrons.